The zero-order valence-corrected chi connectivity index (χ0v) is 11.7. The van der Waals surface area contributed by atoms with E-state index in [-0.39, 0.29) is 11.0 Å². The Morgan fingerprint density at radius 3 is 2.44 bits per heavy atom. The maximum atomic E-state index is 4.57. The van der Waals surface area contributed by atoms with Crippen molar-refractivity contribution in [2.75, 3.05) is 0 Å². The molecule has 0 amide bonds. The van der Waals surface area contributed by atoms with Gasteiger partial charge < -0.3 is 0 Å². The maximum absolute atomic E-state index is 4.57. The smallest absolute Gasteiger partial charge is 0.155 e. The van der Waals surface area contributed by atoms with Crippen LogP contribution in [0.3, 0.4) is 0 Å². The van der Waals surface area contributed by atoms with Crippen LogP contribution in [0, 0.1) is 0 Å². The third-order valence-electron chi connectivity index (χ3n) is 2.93. The molecule has 18 heavy (non-hydrogen) atoms. The lowest BCUT2D eigenvalue weighted by atomic mass is 9.96. The van der Waals surface area contributed by atoms with Crippen LogP contribution in [-0.4, -0.2) is 25.0 Å². The first-order valence-corrected chi connectivity index (χ1v) is 6.21. The SMILES string of the molecule is CC(C)(C)c1n[nH]c(CC(C)(C)n2cccn2)n1. The molecular formula is C13H21N5. The van der Waals surface area contributed by atoms with Gasteiger partial charge in [0.2, 0.25) is 0 Å². The van der Waals surface area contributed by atoms with Crippen LogP contribution in [0.1, 0.15) is 46.3 Å². The van der Waals surface area contributed by atoms with Crippen LogP contribution >= 0.6 is 0 Å². The second-order valence-corrected chi connectivity index (χ2v) is 6.30. The third kappa shape index (κ3) is 2.60. The number of hydrogen-bond donors (Lipinski definition) is 1. The van der Waals surface area contributed by atoms with Crippen LogP contribution in [0.25, 0.3) is 0 Å². The van der Waals surface area contributed by atoms with E-state index in [1.54, 1.807) is 6.20 Å². The van der Waals surface area contributed by atoms with Gasteiger partial charge in [0.15, 0.2) is 5.82 Å². The first kappa shape index (κ1) is 12.8. The molecule has 0 atom stereocenters. The number of H-pyrrole nitrogens is 1. The summed E-state index contributed by atoms with van der Waals surface area (Å²) < 4.78 is 1.95. The lowest BCUT2D eigenvalue weighted by molar-refractivity contribution is 0.311. The third-order valence-corrected chi connectivity index (χ3v) is 2.93. The minimum absolute atomic E-state index is 0.0232. The zero-order valence-electron chi connectivity index (χ0n) is 11.7. The van der Waals surface area contributed by atoms with Crippen molar-refractivity contribution in [3.8, 4) is 0 Å². The van der Waals surface area contributed by atoms with Crippen LogP contribution < -0.4 is 0 Å². The fourth-order valence-corrected chi connectivity index (χ4v) is 1.83. The highest BCUT2D eigenvalue weighted by molar-refractivity contribution is 5.04. The molecule has 0 radical (unpaired) electrons. The highest BCUT2D eigenvalue weighted by atomic mass is 15.3. The first-order chi connectivity index (χ1) is 8.29. The summed E-state index contributed by atoms with van der Waals surface area (Å²) in [6.07, 6.45) is 4.54. The minimum Gasteiger partial charge on any atom is -0.267 e. The molecule has 0 unspecified atom stereocenters. The monoisotopic (exact) mass is 247 g/mol. The molecule has 0 aromatic carbocycles. The number of rotatable bonds is 3. The predicted molar refractivity (Wildman–Crippen MR) is 70.3 cm³/mol. The largest absolute Gasteiger partial charge is 0.267 e. The number of aromatic nitrogens is 5. The van der Waals surface area contributed by atoms with Crippen molar-refractivity contribution in [3.05, 3.63) is 30.1 Å². The number of hydrogen-bond acceptors (Lipinski definition) is 3. The van der Waals surface area contributed by atoms with Gasteiger partial charge in [-0.15, -0.1) is 0 Å². The van der Waals surface area contributed by atoms with Crippen molar-refractivity contribution < 1.29 is 0 Å². The standard InChI is InChI=1S/C13H21N5/c1-12(2,3)11-15-10(16-17-11)9-13(4,5)18-8-6-7-14-18/h6-8H,9H2,1-5H3,(H,15,16,17). The summed E-state index contributed by atoms with van der Waals surface area (Å²) in [7, 11) is 0. The summed E-state index contributed by atoms with van der Waals surface area (Å²) in [6, 6.07) is 1.93. The summed E-state index contributed by atoms with van der Waals surface area (Å²) in [5.41, 5.74) is -0.136. The summed E-state index contributed by atoms with van der Waals surface area (Å²) in [6.45, 7) is 10.6. The van der Waals surface area contributed by atoms with E-state index in [0.717, 1.165) is 18.1 Å². The summed E-state index contributed by atoms with van der Waals surface area (Å²) in [5, 5.41) is 11.6. The van der Waals surface area contributed by atoms with Gasteiger partial charge in [-0.25, -0.2) is 4.98 Å². The molecule has 5 nitrogen and oxygen atoms in total. The minimum atomic E-state index is -0.113. The van der Waals surface area contributed by atoms with E-state index >= 15 is 0 Å². The highest BCUT2D eigenvalue weighted by Gasteiger charge is 2.25. The molecule has 0 saturated heterocycles. The lowest BCUT2D eigenvalue weighted by Crippen LogP contribution is -2.30. The van der Waals surface area contributed by atoms with E-state index in [9.17, 15) is 0 Å². The van der Waals surface area contributed by atoms with Crippen LogP contribution in [0.4, 0.5) is 0 Å². The second-order valence-electron chi connectivity index (χ2n) is 6.30. The summed E-state index contributed by atoms with van der Waals surface area (Å²) in [5.74, 6) is 1.76. The number of aromatic amines is 1. The van der Waals surface area contributed by atoms with Gasteiger partial charge in [0.25, 0.3) is 0 Å². The molecule has 0 fully saturated rings. The highest BCUT2D eigenvalue weighted by Crippen LogP contribution is 2.21. The topological polar surface area (TPSA) is 59.4 Å². The normalized spacial score (nSPS) is 12.9. The van der Waals surface area contributed by atoms with Crippen molar-refractivity contribution >= 4 is 0 Å². The molecule has 5 heteroatoms. The lowest BCUT2D eigenvalue weighted by Gasteiger charge is -2.24. The van der Waals surface area contributed by atoms with Crippen molar-refractivity contribution in [1.29, 1.82) is 0 Å². The zero-order chi connectivity index (χ0) is 13.4. The van der Waals surface area contributed by atoms with Crippen molar-refractivity contribution in [3.63, 3.8) is 0 Å². The predicted octanol–water partition coefficient (Wildman–Crippen LogP) is 2.28. The van der Waals surface area contributed by atoms with Crippen molar-refractivity contribution in [2.24, 2.45) is 0 Å². The van der Waals surface area contributed by atoms with Gasteiger partial charge in [-0.2, -0.15) is 10.2 Å². The molecule has 0 aliphatic rings. The molecule has 0 aliphatic heterocycles. The van der Waals surface area contributed by atoms with Gasteiger partial charge in [-0.3, -0.25) is 9.78 Å². The average Bonchev–Trinajstić information content (AvgIpc) is 2.83. The van der Waals surface area contributed by atoms with E-state index in [1.165, 1.54) is 0 Å². The van der Waals surface area contributed by atoms with Gasteiger partial charge in [-0.1, -0.05) is 20.8 Å². The second kappa shape index (κ2) is 4.23. The Labute approximate surface area is 108 Å². The van der Waals surface area contributed by atoms with Gasteiger partial charge in [0, 0.05) is 24.2 Å². The molecule has 2 heterocycles. The van der Waals surface area contributed by atoms with Crippen LogP contribution in [0.5, 0.6) is 0 Å². The van der Waals surface area contributed by atoms with E-state index in [2.05, 4.69) is 54.9 Å². The fraction of sp³-hybridized carbons (Fsp3) is 0.615. The molecule has 1 N–H and O–H groups in total. The van der Waals surface area contributed by atoms with Gasteiger partial charge >= 0.3 is 0 Å². The van der Waals surface area contributed by atoms with Crippen LogP contribution in [0.15, 0.2) is 18.5 Å². The van der Waals surface area contributed by atoms with Gasteiger partial charge in [0.1, 0.15) is 5.82 Å². The molecular weight excluding hydrogens is 226 g/mol. The Balaban J connectivity index is 2.17. The van der Waals surface area contributed by atoms with E-state index < -0.39 is 0 Å². The van der Waals surface area contributed by atoms with Crippen molar-refractivity contribution in [1.82, 2.24) is 25.0 Å². The molecule has 0 bridgehead atoms. The Morgan fingerprint density at radius 2 is 1.94 bits per heavy atom. The van der Waals surface area contributed by atoms with Gasteiger partial charge in [0.05, 0.1) is 5.54 Å². The Kier molecular flexibility index (Phi) is 3.00. The summed E-state index contributed by atoms with van der Waals surface area (Å²) >= 11 is 0. The molecule has 2 aromatic heterocycles. The number of nitrogens with zero attached hydrogens (tertiary/aromatic N) is 4. The number of nitrogens with one attached hydrogen (secondary N) is 1. The first-order valence-electron chi connectivity index (χ1n) is 6.21. The van der Waals surface area contributed by atoms with Crippen LogP contribution in [-0.2, 0) is 17.4 Å². The average molecular weight is 247 g/mol. The molecule has 2 rings (SSSR count). The van der Waals surface area contributed by atoms with E-state index in [4.69, 9.17) is 0 Å². The molecule has 2 aromatic rings. The maximum Gasteiger partial charge on any atom is 0.155 e. The molecule has 0 saturated carbocycles. The summed E-state index contributed by atoms with van der Waals surface area (Å²) in [4.78, 5) is 4.57. The molecule has 98 valence electrons. The molecule has 0 aliphatic carbocycles. The van der Waals surface area contributed by atoms with Crippen molar-refractivity contribution in [2.45, 2.75) is 52.0 Å². The molecule has 0 spiro atoms. The van der Waals surface area contributed by atoms with Gasteiger partial charge in [-0.05, 0) is 19.9 Å². The quantitative estimate of drug-likeness (QED) is 0.905. The van der Waals surface area contributed by atoms with Crippen LogP contribution in [0.2, 0.25) is 0 Å². The van der Waals surface area contributed by atoms with E-state index in [1.807, 2.05) is 16.9 Å². The fourth-order valence-electron chi connectivity index (χ4n) is 1.83. The van der Waals surface area contributed by atoms with E-state index in [0.29, 0.717) is 0 Å². The Hall–Kier alpha value is -1.65. The Bertz CT molecular complexity index is 502. The Morgan fingerprint density at radius 1 is 1.22 bits per heavy atom.